The van der Waals surface area contributed by atoms with Gasteiger partial charge in [0, 0.05) is 12.0 Å². The average molecular weight is 250 g/mol. The van der Waals surface area contributed by atoms with Crippen molar-refractivity contribution >= 4 is 0 Å². The predicted molar refractivity (Wildman–Crippen MR) is 67.0 cm³/mol. The lowest BCUT2D eigenvalue weighted by molar-refractivity contribution is -0.0124. The Morgan fingerprint density at radius 3 is 3.00 bits per heavy atom. The number of aliphatic hydroxyl groups is 1. The lowest BCUT2D eigenvalue weighted by Gasteiger charge is -2.38. The second-order valence-corrected chi connectivity index (χ2v) is 5.70. The largest absolute Gasteiger partial charge is 0.487 e. The smallest absolute Gasteiger partial charge is 0.126 e. The summed E-state index contributed by atoms with van der Waals surface area (Å²) >= 11 is 0. The molecule has 3 atom stereocenters. The van der Waals surface area contributed by atoms with Crippen molar-refractivity contribution in [3.05, 3.63) is 29.6 Å². The maximum atomic E-state index is 13.2. The van der Waals surface area contributed by atoms with E-state index in [2.05, 4.69) is 6.92 Å². The molecule has 1 N–H and O–H groups in total. The third-order valence-corrected chi connectivity index (χ3v) is 4.47. The highest BCUT2D eigenvalue weighted by molar-refractivity contribution is 5.38. The Morgan fingerprint density at radius 1 is 1.44 bits per heavy atom. The summed E-state index contributed by atoms with van der Waals surface area (Å²) in [5, 5.41) is 10.2. The van der Waals surface area contributed by atoms with Crippen LogP contribution in [0.25, 0.3) is 0 Å². The van der Waals surface area contributed by atoms with Crippen molar-refractivity contribution in [2.75, 3.05) is 0 Å². The highest BCUT2D eigenvalue weighted by Gasteiger charge is 2.45. The van der Waals surface area contributed by atoms with Gasteiger partial charge in [-0.15, -0.1) is 0 Å². The van der Waals surface area contributed by atoms with Crippen molar-refractivity contribution in [1.29, 1.82) is 0 Å². The lowest BCUT2D eigenvalue weighted by atomic mass is 9.86. The first-order valence-electron chi connectivity index (χ1n) is 6.78. The fraction of sp³-hybridized carbons (Fsp3) is 0.600. The summed E-state index contributed by atoms with van der Waals surface area (Å²) in [4.78, 5) is 0. The van der Waals surface area contributed by atoms with Gasteiger partial charge in [-0.1, -0.05) is 13.3 Å². The molecule has 0 saturated heterocycles. The number of rotatable bonds is 1. The molecule has 1 fully saturated rings. The van der Waals surface area contributed by atoms with Gasteiger partial charge in [0.25, 0.3) is 0 Å². The molecular formula is C15H19FO2. The van der Waals surface area contributed by atoms with Crippen LogP contribution in [0, 0.1) is 11.7 Å². The average Bonchev–Trinajstić information content (AvgIpc) is 2.73. The van der Waals surface area contributed by atoms with E-state index in [1.807, 2.05) is 0 Å². The maximum absolute atomic E-state index is 13.2. The van der Waals surface area contributed by atoms with Gasteiger partial charge in [0.05, 0.1) is 6.10 Å². The summed E-state index contributed by atoms with van der Waals surface area (Å²) in [5.41, 5.74) is 0.380. The fourth-order valence-corrected chi connectivity index (χ4v) is 3.43. The van der Waals surface area contributed by atoms with Gasteiger partial charge in [-0.05, 0) is 43.4 Å². The zero-order chi connectivity index (χ0) is 12.8. The second-order valence-electron chi connectivity index (χ2n) is 5.70. The third kappa shape index (κ3) is 1.91. The highest BCUT2D eigenvalue weighted by Crippen LogP contribution is 2.49. The van der Waals surface area contributed by atoms with E-state index in [4.69, 9.17) is 4.74 Å². The van der Waals surface area contributed by atoms with Crippen molar-refractivity contribution in [2.45, 2.75) is 50.7 Å². The van der Waals surface area contributed by atoms with Gasteiger partial charge >= 0.3 is 0 Å². The van der Waals surface area contributed by atoms with Crippen molar-refractivity contribution < 1.29 is 14.2 Å². The molecule has 1 heterocycles. The van der Waals surface area contributed by atoms with Crippen LogP contribution in [0.2, 0.25) is 0 Å². The van der Waals surface area contributed by atoms with Crippen LogP contribution in [-0.4, -0.2) is 10.7 Å². The molecule has 18 heavy (non-hydrogen) atoms. The topological polar surface area (TPSA) is 29.5 Å². The van der Waals surface area contributed by atoms with Crippen molar-refractivity contribution in [1.82, 2.24) is 0 Å². The molecule has 98 valence electrons. The molecule has 1 aliphatic carbocycles. The van der Waals surface area contributed by atoms with Crippen molar-refractivity contribution in [2.24, 2.45) is 5.92 Å². The molecule has 0 amide bonds. The summed E-state index contributed by atoms with van der Waals surface area (Å²) < 4.78 is 19.3. The Balaban J connectivity index is 1.90. The van der Waals surface area contributed by atoms with Crippen LogP contribution >= 0.6 is 0 Å². The molecule has 2 nitrogen and oxygen atoms in total. The minimum absolute atomic E-state index is 0.217. The fourth-order valence-electron chi connectivity index (χ4n) is 3.43. The van der Waals surface area contributed by atoms with Gasteiger partial charge < -0.3 is 9.84 Å². The normalized spacial score (nSPS) is 34.4. The number of hydrogen-bond donors (Lipinski definition) is 1. The number of halogens is 1. The minimum Gasteiger partial charge on any atom is -0.487 e. The third-order valence-electron chi connectivity index (χ3n) is 4.47. The summed E-state index contributed by atoms with van der Waals surface area (Å²) in [6.07, 6.45) is 4.34. The molecule has 2 unspecified atom stereocenters. The number of hydrogen-bond acceptors (Lipinski definition) is 2. The Morgan fingerprint density at radius 2 is 2.28 bits per heavy atom. The number of aliphatic hydroxyl groups excluding tert-OH is 1. The quantitative estimate of drug-likeness (QED) is 0.825. The number of benzene rings is 1. The summed E-state index contributed by atoms with van der Waals surface area (Å²) in [7, 11) is 0. The molecule has 1 aliphatic heterocycles. The van der Waals surface area contributed by atoms with Crippen molar-refractivity contribution in [3.63, 3.8) is 0 Å². The predicted octanol–water partition coefficient (Wildman–Crippen LogP) is 3.59. The van der Waals surface area contributed by atoms with Gasteiger partial charge in [0.15, 0.2) is 0 Å². The van der Waals surface area contributed by atoms with Crippen LogP contribution in [0.5, 0.6) is 5.75 Å². The molecule has 3 heteroatoms. The Labute approximate surface area is 107 Å². The standard InChI is InChI=1S/C15H19FO2/c1-2-10-5-6-15(8-10)9-13(17)12-7-11(16)3-4-14(12)18-15/h3-4,7,10,13,17H,2,5-6,8-9H2,1H3/t10?,13-,15?/m1/s1. The summed E-state index contributed by atoms with van der Waals surface area (Å²) in [6.45, 7) is 2.20. The molecule has 0 aromatic heterocycles. The summed E-state index contributed by atoms with van der Waals surface area (Å²) in [6, 6.07) is 4.43. The molecule has 0 radical (unpaired) electrons. The first kappa shape index (κ1) is 12.0. The van der Waals surface area contributed by atoms with Gasteiger partial charge in [0.1, 0.15) is 17.2 Å². The lowest BCUT2D eigenvalue weighted by Crippen LogP contribution is -2.38. The van der Waals surface area contributed by atoms with E-state index in [0.717, 1.165) is 19.3 Å². The van der Waals surface area contributed by atoms with E-state index in [-0.39, 0.29) is 11.4 Å². The van der Waals surface area contributed by atoms with E-state index >= 15 is 0 Å². The van der Waals surface area contributed by atoms with Gasteiger partial charge in [0.2, 0.25) is 0 Å². The van der Waals surface area contributed by atoms with E-state index in [0.29, 0.717) is 23.7 Å². The van der Waals surface area contributed by atoms with E-state index in [1.165, 1.54) is 18.6 Å². The molecule has 1 saturated carbocycles. The monoisotopic (exact) mass is 250 g/mol. The van der Waals surface area contributed by atoms with Crippen LogP contribution in [0.3, 0.4) is 0 Å². The van der Waals surface area contributed by atoms with E-state index < -0.39 is 6.10 Å². The Kier molecular flexibility index (Phi) is 2.81. The maximum Gasteiger partial charge on any atom is 0.126 e. The van der Waals surface area contributed by atoms with Crippen LogP contribution in [0.4, 0.5) is 4.39 Å². The Hall–Kier alpha value is -1.09. The summed E-state index contributed by atoms with van der Waals surface area (Å²) in [5.74, 6) is 1.04. The van der Waals surface area contributed by atoms with Gasteiger partial charge in [-0.2, -0.15) is 0 Å². The SMILES string of the molecule is CCC1CCC2(C1)C[C@@H](O)c1cc(F)ccc1O2. The minimum atomic E-state index is -0.597. The highest BCUT2D eigenvalue weighted by atomic mass is 19.1. The molecule has 3 rings (SSSR count). The Bertz CT molecular complexity index is 460. The number of ether oxygens (including phenoxy) is 1. The van der Waals surface area contributed by atoms with E-state index in [9.17, 15) is 9.50 Å². The first-order valence-corrected chi connectivity index (χ1v) is 6.78. The first-order chi connectivity index (χ1) is 8.62. The molecule has 1 aromatic rings. The zero-order valence-corrected chi connectivity index (χ0v) is 10.7. The van der Waals surface area contributed by atoms with Crippen LogP contribution < -0.4 is 4.74 Å². The van der Waals surface area contributed by atoms with Crippen LogP contribution in [0.1, 0.15) is 50.7 Å². The number of fused-ring (bicyclic) bond motifs is 1. The van der Waals surface area contributed by atoms with Gasteiger partial charge in [-0.3, -0.25) is 0 Å². The van der Waals surface area contributed by atoms with E-state index in [1.54, 1.807) is 6.07 Å². The van der Waals surface area contributed by atoms with Crippen LogP contribution in [-0.2, 0) is 0 Å². The molecule has 2 aliphatic rings. The van der Waals surface area contributed by atoms with Crippen LogP contribution in [0.15, 0.2) is 18.2 Å². The molecular weight excluding hydrogens is 231 g/mol. The molecule has 0 bridgehead atoms. The zero-order valence-electron chi connectivity index (χ0n) is 10.7. The van der Waals surface area contributed by atoms with Crippen molar-refractivity contribution in [3.8, 4) is 5.75 Å². The second kappa shape index (κ2) is 4.23. The van der Waals surface area contributed by atoms with Gasteiger partial charge in [-0.25, -0.2) is 4.39 Å². The molecule has 1 spiro atoms. The molecule has 1 aromatic carbocycles.